The highest BCUT2D eigenvalue weighted by molar-refractivity contribution is 5.76. The Morgan fingerprint density at radius 3 is 0.951 bits per heavy atom. The average molecular weight is 857 g/mol. The molecule has 0 rings (SSSR count). The first-order chi connectivity index (χ1) is 30.2. The smallest absolute Gasteiger partial charge is 0.220 e. The van der Waals surface area contributed by atoms with E-state index in [-0.39, 0.29) is 12.5 Å². The number of allylic oxidation sites excluding steroid dienone is 5. The molecule has 360 valence electrons. The minimum Gasteiger partial charge on any atom is -0.394 e. The maximum atomic E-state index is 12.5. The second-order valence-corrected chi connectivity index (χ2v) is 19.0. The first-order valence-electron chi connectivity index (χ1n) is 27.7. The third-order valence-electron chi connectivity index (χ3n) is 12.8. The first-order valence-corrected chi connectivity index (χ1v) is 27.7. The molecular formula is C57H109NO3. The fourth-order valence-electron chi connectivity index (χ4n) is 8.60. The van der Waals surface area contributed by atoms with Crippen LogP contribution in [0.1, 0.15) is 303 Å². The molecule has 1 amide bonds. The van der Waals surface area contributed by atoms with E-state index >= 15 is 0 Å². The van der Waals surface area contributed by atoms with Gasteiger partial charge in [-0.15, -0.1) is 0 Å². The lowest BCUT2D eigenvalue weighted by Gasteiger charge is -2.19. The Labute approximate surface area is 382 Å². The molecule has 2 unspecified atom stereocenters. The van der Waals surface area contributed by atoms with E-state index in [1.54, 1.807) is 6.08 Å². The average Bonchev–Trinajstić information content (AvgIpc) is 3.26. The van der Waals surface area contributed by atoms with Gasteiger partial charge in [-0.1, -0.05) is 275 Å². The summed E-state index contributed by atoms with van der Waals surface area (Å²) in [5.41, 5.74) is 0. The summed E-state index contributed by atoms with van der Waals surface area (Å²) in [4.78, 5) is 12.5. The van der Waals surface area contributed by atoms with Crippen LogP contribution in [0.3, 0.4) is 0 Å². The molecule has 2 atom stereocenters. The van der Waals surface area contributed by atoms with E-state index in [0.717, 1.165) is 32.1 Å². The number of carbonyl (C=O) groups excluding carboxylic acids is 1. The summed E-state index contributed by atoms with van der Waals surface area (Å²) in [6.45, 7) is 4.33. The van der Waals surface area contributed by atoms with Crippen LogP contribution < -0.4 is 5.32 Å². The molecule has 0 aromatic rings. The van der Waals surface area contributed by atoms with E-state index in [1.807, 2.05) is 6.08 Å². The molecule has 0 aliphatic carbocycles. The standard InChI is InChI=1S/C57H109NO3/c1-3-5-7-9-11-13-15-17-19-21-23-25-26-27-28-29-30-31-32-33-35-37-39-41-43-45-47-49-51-53-57(61)58-55(54-59)56(60)52-50-48-46-44-42-40-38-36-34-24-22-20-18-16-14-12-10-8-6-4-2/h21,23,42,44,50,52,55-56,59-60H,3-20,22,24-41,43,45-49,51,53-54H2,1-2H3,(H,58,61)/b23-21-,44-42+,52-50+. The lowest BCUT2D eigenvalue weighted by molar-refractivity contribution is -0.123. The molecular weight excluding hydrogens is 747 g/mol. The van der Waals surface area contributed by atoms with Crippen molar-refractivity contribution in [3.63, 3.8) is 0 Å². The molecule has 0 aliphatic rings. The molecule has 0 saturated carbocycles. The molecule has 4 heteroatoms. The topological polar surface area (TPSA) is 69.6 Å². The van der Waals surface area contributed by atoms with Crippen molar-refractivity contribution in [2.45, 2.75) is 315 Å². The van der Waals surface area contributed by atoms with Gasteiger partial charge in [0.15, 0.2) is 0 Å². The third kappa shape index (κ3) is 49.5. The first kappa shape index (κ1) is 59.6. The second kappa shape index (κ2) is 53.0. The normalized spacial score (nSPS) is 13.0. The number of amides is 1. The van der Waals surface area contributed by atoms with Crippen LogP contribution in [-0.4, -0.2) is 34.9 Å². The molecule has 3 N–H and O–H groups in total. The zero-order valence-corrected chi connectivity index (χ0v) is 41.4. The van der Waals surface area contributed by atoms with Gasteiger partial charge in [0.25, 0.3) is 0 Å². The Bertz CT molecular complexity index is 928. The number of carbonyl (C=O) groups is 1. The van der Waals surface area contributed by atoms with Crippen molar-refractivity contribution in [3.05, 3.63) is 36.5 Å². The predicted octanol–water partition coefficient (Wildman–Crippen LogP) is 18.1. The van der Waals surface area contributed by atoms with Crippen LogP contribution in [0.25, 0.3) is 0 Å². The van der Waals surface area contributed by atoms with Crippen molar-refractivity contribution in [2.75, 3.05) is 6.61 Å². The fraction of sp³-hybridized carbons (Fsp3) is 0.877. The summed E-state index contributed by atoms with van der Waals surface area (Å²) in [6.07, 6.45) is 71.6. The van der Waals surface area contributed by atoms with Crippen molar-refractivity contribution in [1.82, 2.24) is 5.32 Å². The molecule has 0 fully saturated rings. The Balaban J connectivity index is 3.49. The zero-order chi connectivity index (χ0) is 44.2. The molecule has 0 radical (unpaired) electrons. The van der Waals surface area contributed by atoms with Gasteiger partial charge in [0.1, 0.15) is 0 Å². The maximum Gasteiger partial charge on any atom is 0.220 e. The molecule has 0 saturated heterocycles. The molecule has 0 aromatic heterocycles. The van der Waals surface area contributed by atoms with Crippen molar-refractivity contribution < 1.29 is 15.0 Å². The Morgan fingerprint density at radius 1 is 0.377 bits per heavy atom. The summed E-state index contributed by atoms with van der Waals surface area (Å²) in [5.74, 6) is -0.0689. The van der Waals surface area contributed by atoms with Crippen LogP contribution in [-0.2, 0) is 4.79 Å². The van der Waals surface area contributed by atoms with E-state index in [4.69, 9.17) is 0 Å². The van der Waals surface area contributed by atoms with Crippen molar-refractivity contribution in [1.29, 1.82) is 0 Å². The highest BCUT2D eigenvalue weighted by atomic mass is 16.3. The van der Waals surface area contributed by atoms with Gasteiger partial charge in [-0.3, -0.25) is 4.79 Å². The lowest BCUT2D eigenvalue weighted by Crippen LogP contribution is -2.45. The van der Waals surface area contributed by atoms with E-state index in [9.17, 15) is 15.0 Å². The number of aliphatic hydroxyl groups excluding tert-OH is 2. The van der Waals surface area contributed by atoms with Gasteiger partial charge in [0.2, 0.25) is 5.91 Å². The number of hydrogen-bond donors (Lipinski definition) is 3. The van der Waals surface area contributed by atoms with Crippen LogP contribution >= 0.6 is 0 Å². The van der Waals surface area contributed by atoms with Crippen LogP contribution in [0.4, 0.5) is 0 Å². The van der Waals surface area contributed by atoms with Gasteiger partial charge in [0, 0.05) is 6.42 Å². The van der Waals surface area contributed by atoms with Crippen LogP contribution in [0, 0.1) is 0 Å². The minimum atomic E-state index is -0.861. The SMILES string of the molecule is CCCCCCCCCC/C=C\CCCCCCCCCCCCCCCCCCCC(=O)NC(CO)C(O)/C=C/CC/C=C/CCCCCCCCCCCCCCCC. The van der Waals surface area contributed by atoms with Crippen molar-refractivity contribution >= 4 is 5.91 Å². The van der Waals surface area contributed by atoms with Crippen molar-refractivity contribution in [3.8, 4) is 0 Å². The summed E-state index contributed by atoms with van der Waals surface area (Å²) < 4.78 is 0. The van der Waals surface area contributed by atoms with Gasteiger partial charge in [0.05, 0.1) is 18.8 Å². The third-order valence-corrected chi connectivity index (χ3v) is 12.8. The van der Waals surface area contributed by atoms with Gasteiger partial charge in [-0.2, -0.15) is 0 Å². The molecule has 0 heterocycles. The molecule has 0 bridgehead atoms. The summed E-state index contributed by atoms with van der Waals surface area (Å²) in [6, 6.07) is -0.638. The zero-order valence-electron chi connectivity index (χ0n) is 41.4. The lowest BCUT2D eigenvalue weighted by atomic mass is 10.0. The fourth-order valence-corrected chi connectivity index (χ4v) is 8.60. The largest absolute Gasteiger partial charge is 0.394 e. The maximum absolute atomic E-state index is 12.5. The molecule has 4 nitrogen and oxygen atoms in total. The van der Waals surface area contributed by atoms with Crippen molar-refractivity contribution in [2.24, 2.45) is 0 Å². The number of nitrogens with one attached hydrogen (secondary N) is 1. The molecule has 0 aliphatic heterocycles. The molecule has 61 heavy (non-hydrogen) atoms. The Kier molecular flexibility index (Phi) is 51.7. The van der Waals surface area contributed by atoms with Crippen LogP contribution in [0.5, 0.6) is 0 Å². The summed E-state index contributed by atoms with van der Waals surface area (Å²) in [5, 5.41) is 23.1. The summed E-state index contributed by atoms with van der Waals surface area (Å²) >= 11 is 0. The van der Waals surface area contributed by atoms with Crippen LogP contribution in [0.2, 0.25) is 0 Å². The molecule has 0 aromatic carbocycles. The monoisotopic (exact) mass is 856 g/mol. The second-order valence-electron chi connectivity index (χ2n) is 19.0. The number of unbranched alkanes of at least 4 members (excludes halogenated alkanes) is 40. The Hall–Kier alpha value is -1.39. The van der Waals surface area contributed by atoms with Gasteiger partial charge < -0.3 is 15.5 Å². The van der Waals surface area contributed by atoms with E-state index in [0.29, 0.717) is 6.42 Å². The highest BCUT2D eigenvalue weighted by Crippen LogP contribution is 2.17. The number of rotatable bonds is 51. The van der Waals surface area contributed by atoms with Gasteiger partial charge in [-0.05, 0) is 57.8 Å². The van der Waals surface area contributed by atoms with E-state index in [1.165, 1.54) is 250 Å². The van der Waals surface area contributed by atoms with Crippen LogP contribution in [0.15, 0.2) is 36.5 Å². The quantitative estimate of drug-likeness (QED) is 0.0422. The van der Waals surface area contributed by atoms with Gasteiger partial charge >= 0.3 is 0 Å². The number of hydrogen-bond acceptors (Lipinski definition) is 3. The minimum absolute atomic E-state index is 0.0689. The van der Waals surface area contributed by atoms with Gasteiger partial charge in [-0.25, -0.2) is 0 Å². The van der Waals surface area contributed by atoms with E-state index in [2.05, 4.69) is 43.5 Å². The molecule has 0 spiro atoms. The highest BCUT2D eigenvalue weighted by Gasteiger charge is 2.18. The Morgan fingerprint density at radius 2 is 0.639 bits per heavy atom. The van der Waals surface area contributed by atoms with E-state index < -0.39 is 12.1 Å². The predicted molar refractivity (Wildman–Crippen MR) is 272 cm³/mol. The number of aliphatic hydroxyl groups is 2. The summed E-state index contributed by atoms with van der Waals surface area (Å²) in [7, 11) is 0.